The number of rotatable bonds is 2. The van der Waals surface area contributed by atoms with Crippen molar-refractivity contribution >= 4 is 11.8 Å². The van der Waals surface area contributed by atoms with Gasteiger partial charge in [0.25, 0.3) is 0 Å². The lowest BCUT2D eigenvalue weighted by Crippen LogP contribution is -2.32. The molecule has 1 heterocycles. The molecule has 0 aliphatic rings. The fourth-order valence-corrected chi connectivity index (χ4v) is 1.13. The van der Waals surface area contributed by atoms with Gasteiger partial charge in [0.1, 0.15) is 11.4 Å². The van der Waals surface area contributed by atoms with Crippen molar-refractivity contribution in [2.75, 3.05) is 11.1 Å². The zero-order chi connectivity index (χ0) is 14.1. The predicted octanol–water partition coefficient (Wildman–Crippen LogP) is 2.92. The topological polar surface area (TPSA) is 63.8 Å². The van der Waals surface area contributed by atoms with Gasteiger partial charge in [-0.15, -0.1) is 0 Å². The van der Waals surface area contributed by atoms with Gasteiger partial charge in [-0.25, -0.2) is 4.98 Å². The normalized spacial score (nSPS) is 14.4. The molecule has 0 aliphatic heterocycles. The van der Waals surface area contributed by atoms with Gasteiger partial charge in [-0.05, 0) is 12.3 Å². The number of hydrogen-bond acceptors (Lipinski definition) is 4. The Morgan fingerprint density at radius 3 is 2.28 bits per heavy atom. The summed E-state index contributed by atoms with van der Waals surface area (Å²) >= 11 is 0. The highest BCUT2D eigenvalue weighted by atomic mass is 19.4. The Balaban J connectivity index is 3.11. The SMILES string of the molecule is CC(Nc1nc(N)ncc1C(F)(F)F)C(C)(C)C. The second-order valence-corrected chi connectivity index (χ2v) is 5.22. The lowest BCUT2D eigenvalue weighted by atomic mass is 9.88. The van der Waals surface area contributed by atoms with E-state index in [4.69, 9.17) is 5.73 Å². The third kappa shape index (κ3) is 3.48. The molecule has 0 amide bonds. The molecule has 1 aromatic rings. The number of alkyl halides is 3. The van der Waals surface area contributed by atoms with Crippen LogP contribution in [0.25, 0.3) is 0 Å². The monoisotopic (exact) mass is 262 g/mol. The van der Waals surface area contributed by atoms with Gasteiger partial charge in [0, 0.05) is 12.2 Å². The molecule has 4 nitrogen and oxygen atoms in total. The summed E-state index contributed by atoms with van der Waals surface area (Å²) < 4.78 is 38.3. The third-order valence-corrected chi connectivity index (χ3v) is 2.77. The largest absolute Gasteiger partial charge is 0.421 e. The van der Waals surface area contributed by atoms with Crippen LogP contribution in [0, 0.1) is 5.41 Å². The molecule has 0 saturated heterocycles. The first kappa shape index (κ1) is 14.5. The van der Waals surface area contributed by atoms with E-state index in [-0.39, 0.29) is 23.2 Å². The molecule has 1 rings (SSSR count). The fourth-order valence-electron chi connectivity index (χ4n) is 1.13. The van der Waals surface area contributed by atoms with E-state index in [1.807, 2.05) is 20.8 Å². The van der Waals surface area contributed by atoms with Crippen molar-refractivity contribution in [1.29, 1.82) is 0 Å². The van der Waals surface area contributed by atoms with Gasteiger partial charge in [-0.2, -0.15) is 18.2 Å². The maximum absolute atomic E-state index is 12.8. The number of nitrogens with one attached hydrogen (secondary N) is 1. The Hall–Kier alpha value is -1.53. The number of nitrogens with two attached hydrogens (primary N) is 1. The fraction of sp³-hybridized carbons (Fsp3) is 0.636. The van der Waals surface area contributed by atoms with Crippen molar-refractivity contribution < 1.29 is 13.2 Å². The molecule has 7 heteroatoms. The van der Waals surface area contributed by atoms with Crippen molar-refractivity contribution in [3.63, 3.8) is 0 Å². The zero-order valence-corrected chi connectivity index (χ0v) is 10.8. The summed E-state index contributed by atoms with van der Waals surface area (Å²) in [7, 11) is 0. The number of nitrogen functional groups attached to an aromatic ring is 1. The molecule has 0 spiro atoms. The van der Waals surface area contributed by atoms with Crippen LogP contribution in [0.5, 0.6) is 0 Å². The van der Waals surface area contributed by atoms with Crippen molar-refractivity contribution in [2.24, 2.45) is 5.41 Å². The maximum atomic E-state index is 12.8. The van der Waals surface area contributed by atoms with E-state index in [2.05, 4.69) is 15.3 Å². The molecule has 0 aliphatic carbocycles. The van der Waals surface area contributed by atoms with E-state index in [0.717, 1.165) is 0 Å². The molecule has 102 valence electrons. The summed E-state index contributed by atoms with van der Waals surface area (Å²) in [5, 5.41) is 2.75. The Kier molecular flexibility index (Phi) is 3.73. The highest BCUT2D eigenvalue weighted by Gasteiger charge is 2.36. The molecular formula is C11H17F3N4. The second-order valence-electron chi connectivity index (χ2n) is 5.22. The molecule has 3 N–H and O–H groups in total. The molecule has 1 aromatic heterocycles. The first-order chi connectivity index (χ1) is 8.01. The van der Waals surface area contributed by atoms with E-state index in [0.29, 0.717) is 6.20 Å². The van der Waals surface area contributed by atoms with Crippen LogP contribution in [0.2, 0.25) is 0 Å². The number of nitrogens with zero attached hydrogens (tertiary/aromatic N) is 2. The summed E-state index contributed by atoms with van der Waals surface area (Å²) in [5.74, 6) is -0.468. The summed E-state index contributed by atoms with van der Waals surface area (Å²) in [6.07, 6.45) is -3.81. The molecule has 1 unspecified atom stereocenters. The third-order valence-electron chi connectivity index (χ3n) is 2.77. The van der Waals surface area contributed by atoms with Crippen LogP contribution in [0.4, 0.5) is 24.9 Å². The van der Waals surface area contributed by atoms with Gasteiger partial charge >= 0.3 is 6.18 Å². The van der Waals surface area contributed by atoms with Crippen LogP contribution >= 0.6 is 0 Å². The summed E-state index contributed by atoms with van der Waals surface area (Å²) in [4.78, 5) is 7.01. The van der Waals surface area contributed by atoms with E-state index in [1.54, 1.807) is 6.92 Å². The van der Waals surface area contributed by atoms with E-state index >= 15 is 0 Å². The number of aromatic nitrogens is 2. The first-order valence-electron chi connectivity index (χ1n) is 5.48. The van der Waals surface area contributed by atoms with Crippen LogP contribution in [0.15, 0.2) is 6.20 Å². The molecule has 0 saturated carbocycles. The predicted molar refractivity (Wildman–Crippen MR) is 64.0 cm³/mol. The lowest BCUT2D eigenvalue weighted by molar-refractivity contribution is -0.137. The minimum atomic E-state index is -4.51. The highest BCUT2D eigenvalue weighted by molar-refractivity contribution is 5.48. The van der Waals surface area contributed by atoms with Gasteiger partial charge in [-0.3, -0.25) is 0 Å². The quantitative estimate of drug-likeness (QED) is 0.860. The Bertz CT molecular complexity index is 423. The highest BCUT2D eigenvalue weighted by Crippen LogP contribution is 2.34. The van der Waals surface area contributed by atoms with Crippen LogP contribution in [-0.4, -0.2) is 16.0 Å². The first-order valence-corrected chi connectivity index (χ1v) is 5.48. The van der Waals surface area contributed by atoms with Crippen LogP contribution in [-0.2, 0) is 6.18 Å². The number of hydrogen-bond donors (Lipinski definition) is 2. The lowest BCUT2D eigenvalue weighted by Gasteiger charge is -2.29. The number of halogens is 3. The molecular weight excluding hydrogens is 245 g/mol. The van der Waals surface area contributed by atoms with Gasteiger partial charge in [0.15, 0.2) is 0 Å². The smallest absolute Gasteiger partial charge is 0.368 e. The molecule has 0 bridgehead atoms. The second kappa shape index (κ2) is 4.62. The summed E-state index contributed by atoms with van der Waals surface area (Å²) in [6.45, 7) is 7.55. The molecule has 18 heavy (non-hydrogen) atoms. The van der Waals surface area contributed by atoms with Crippen molar-refractivity contribution in [1.82, 2.24) is 9.97 Å². The maximum Gasteiger partial charge on any atom is 0.421 e. The number of anilines is 2. The minimum absolute atomic E-state index is 0.188. The zero-order valence-electron chi connectivity index (χ0n) is 10.8. The molecule has 0 aromatic carbocycles. The average Bonchev–Trinajstić information content (AvgIpc) is 2.13. The van der Waals surface area contributed by atoms with E-state index in [1.165, 1.54) is 0 Å². The Morgan fingerprint density at radius 1 is 1.28 bits per heavy atom. The van der Waals surface area contributed by atoms with Gasteiger partial charge in [0.2, 0.25) is 5.95 Å². The van der Waals surface area contributed by atoms with Gasteiger partial charge < -0.3 is 11.1 Å². The van der Waals surface area contributed by atoms with Crippen molar-refractivity contribution in [3.05, 3.63) is 11.8 Å². The van der Waals surface area contributed by atoms with E-state index in [9.17, 15) is 13.2 Å². The summed E-state index contributed by atoms with van der Waals surface area (Å²) in [6, 6.07) is -0.201. The van der Waals surface area contributed by atoms with Gasteiger partial charge in [0.05, 0.1) is 0 Å². The van der Waals surface area contributed by atoms with Crippen LogP contribution in [0.3, 0.4) is 0 Å². The van der Waals surface area contributed by atoms with Crippen LogP contribution < -0.4 is 11.1 Å². The van der Waals surface area contributed by atoms with Crippen molar-refractivity contribution in [2.45, 2.75) is 39.9 Å². The van der Waals surface area contributed by atoms with Gasteiger partial charge in [-0.1, -0.05) is 20.8 Å². The molecule has 1 atom stereocenters. The van der Waals surface area contributed by atoms with Crippen molar-refractivity contribution in [3.8, 4) is 0 Å². The standard InChI is InChI=1S/C11H17F3N4/c1-6(10(2,3)4)17-8-7(11(12,13)14)5-16-9(15)18-8/h5-6H,1-4H3,(H3,15,16,17,18). The Labute approximate surface area is 104 Å². The average molecular weight is 262 g/mol. The summed E-state index contributed by atoms with van der Waals surface area (Å²) in [5.41, 5.74) is 4.21. The molecule has 0 fully saturated rings. The van der Waals surface area contributed by atoms with E-state index < -0.39 is 11.7 Å². The molecule has 0 radical (unpaired) electrons. The van der Waals surface area contributed by atoms with Crippen LogP contribution in [0.1, 0.15) is 33.3 Å². The minimum Gasteiger partial charge on any atom is -0.368 e. The Morgan fingerprint density at radius 2 is 1.83 bits per heavy atom.